The second-order valence-electron chi connectivity index (χ2n) is 9.76. The van der Waals surface area contributed by atoms with E-state index in [9.17, 15) is 8.78 Å². The van der Waals surface area contributed by atoms with Gasteiger partial charge >= 0.3 is 0 Å². The van der Waals surface area contributed by atoms with Gasteiger partial charge in [0.1, 0.15) is 0 Å². The molecule has 0 heterocycles. The standard InChI is InChI=1S/C25H36F2O/c1-3-4-5-16-6-7-18-13-19(9-8-17(18)12-16)20-10-11-22-21(14-20)15-23(26)25(28-2)24(22)27/h15-20H,3-14H2,1-2H3. The van der Waals surface area contributed by atoms with E-state index >= 15 is 0 Å². The molecule has 5 atom stereocenters. The normalized spacial score (nSPS) is 32.5. The van der Waals surface area contributed by atoms with Crippen LogP contribution in [-0.4, -0.2) is 7.11 Å². The molecule has 3 heteroatoms. The molecule has 3 aliphatic rings. The Hall–Kier alpha value is -1.12. The largest absolute Gasteiger partial charge is 0.491 e. The number of unbranched alkanes of at least 4 members (excludes halogenated alkanes) is 1. The van der Waals surface area contributed by atoms with Gasteiger partial charge in [-0.3, -0.25) is 0 Å². The summed E-state index contributed by atoms with van der Waals surface area (Å²) in [6.07, 6.45) is 15.1. The summed E-state index contributed by atoms with van der Waals surface area (Å²) in [6.45, 7) is 2.30. The Morgan fingerprint density at radius 2 is 1.68 bits per heavy atom. The average Bonchev–Trinajstić information content (AvgIpc) is 2.71. The van der Waals surface area contributed by atoms with Gasteiger partial charge in [-0.1, -0.05) is 32.6 Å². The molecule has 0 aromatic heterocycles. The van der Waals surface area contributed by atoms with E-state index in [4.69, 9.17) is 4.74 Å². The number of ether oxygens (including phenoxy) is 1. The maximum atomic E-state index is 14.6. The van der Waals surface area contributed by atoms with Crippen LogP contribution in [0.1, 0.15) is 82.3 Å². The van der Waals surface area contributed by atoms with Gasteiger partial charge in [0, 0.05) is 0 Å². The summed E-state index contributed by atoms with van der Waals surface area (Å²) in [6, 6.07) is 1.54. The zero-order valence-corrected chi connectivity index (χ0v) is 17.6. The van der Waals surface area contributed by atoms with Crippen LogP contribution in [0.25, 0.3) is 0 Å². The molecule has 0 amide bonds. The lowest BCUT2D eigenvalue weighted by Gasteiger charge is -2.45. The van der Waals surface area contributed by atoms with Gasteiger partial charge in [-0.15, -0.1) is 0 Å². The van der Waals surface area contributed by atoms with Crippen molar-refractivity contribution in [2.24, 2.45) is 29.6 Å². The molecular weight excluding hydrogens is 354 g/mol. The van der Waals surface area contributed by atoms with Crippen LogP contribution in [0.4, 0.5) is 8.78 Å². The van der Waals surface area contributed by atoms with Crippen LogP contribution >= 0.6 is 0 Å². The Bertz CT molecular complexity index is 686. The Morgan fingerprint density at radius 3 is 2.43 bits per heavy atom. The summed E-state index contributed by atoms with van der Waals surface area (Å²) in [5.74, 6) is 2.94. The highest BCUT2D eigenvalue weighted by molar-refractivity contribution is 5.40. The van der Waals surface area contributed by atoms with Crippen molar-refractivity contribution in [3.63, 3.8) is 0 Å². The average molecular weight is 391 g/mol. The van der Waals surface area contributed by atoms with Gasteiger partial charge in [0.15, 0.2) is 17.4 Å². The molecule has 5 unspecified atom stereocenters. The highest BCUT2D eigenvalue weighted by atomic mass is 19.1. The van der Waals surface area contributed by atoms with Crippen LogP contribution in [0.3, 0.4) is 0 Å². The quantitative estimate of drug-likeness (QED) is 0.521. The lowest BCUT2D eigenvalue weighted by atomic mass is 9.61. The summed E-state index contributed by atoms with van der Waals surface area (Å²) in [5, 5.41) is 0. The Kier molecular flexibility index (Phi) is 6.27. The summed E-state index contributed by atoms with van der Waals surface area (Å²) < 4.78 is 33.7. The van der Waals surface area contributed by atoms with Crippen molar-refractivity contribution in [1.29, 1.82) is 0 Å². The molecule has 0 bridgehead atoms. The molecule has 0 radical (unpaired) electrons. The van der Waals surface area contributed by atoms with Crippen LogP contribution in [-0.2, 0) is 12.8 Å². The van der Waals surface area contributed by atoms with Crippen molar-refractivity contribution in [3.05, 3.63) is 28.8 Å². The third kappa shape index (κ3) is 3.96. The maximum absolute atomic E-state index is 14.6. The van der Waals surface area contributed by atoms with E-state index < -0.39 is 11.6 Å². The number of hydrogen-bond acceptors (Lipinski definition) is 1. The van der Waals surface area contributed by atoms with Crippen molar-refractivity contribution in [2.45, 2.75) is 84.0 Å². The molecule has 156 valence electrons. The summed E-state index contributed by atoms with van der Waals surface area (Å²) in [5.41, 5.74) is 1.58. The van der Waals surface area contributed by atoms with Gasteiger partial charge < -0.3 is 4.74 Å². The van der Waals surface area contributed by atoms with Gasteiger partial charge in [-0.05, 0) is 98.1 Å². The van der Waals surface area contributed by atoms with E-state index in [0.717, 1.165) is 48.5 Å². The van der Waals surface area contributed by atoms with E-state index in [1.807, 2.05) is 0 Å². The smallest absolute Gasteiger partial charge is 0.190 e. The van der Waals surface area contributed by atoms with Gasteiger partial charge in [-0.25, -0.2) is 8.78 Å². The maximum Gasteiger partial charge on any atom is 0.190 e. The molecule has 3 aliphatic carbocycles. The SMILES string of the molecule is CCCCC1CCC2CC(C3CCc4c(cc(F)c(OC)c4F)C3)CCC2C1. The first-order valence-corrected chi connectivity index (χ1v) is 11.6. The highest BCUT2D eigenvalue weighted by Crippen LogP contribution is 2.49. The minimum absolute atomic E-state index is 0.211. The molecule has 28 heavy (non-hydrogen) atoms. The monoisotopic (exact) mass is 390 g/mol. The molecule has 1 aromatic carbocycles. The van der Waals surface area contributed by atoms with E-state index in [1.165, 1.54) is 71.0 Å². The van der Waals surface area contributed by atoms with Crippen LogP contribution < -0.4 is 4.74 Å². The van der Waals surface area contributed by atoms with Crippen molar-refractivity contribution in [3.8, 4) is 5.75 Å². The Morgan fingerprint density at radius 1 is 0.964 bits per heavy atom. The van der Waals surface area contributed by atoms with E-state index in [-0.39, 0.29) is 5.75 Å². The minimum atomic E-state index is -0.548. The Labute approximate surface area is 169 Å². The number of halogens is 2. The topological polar surface area (TPSA) is 9.23 Å². The molecule has 2 fully saturated rings. The number of rotatable bonds is 5. The van der Waals surface area contributed by atoms with Crippen LogP contribution in [0.15, 0.2) is 6.07 Å². The van der Waals surface area contributed by atoms with Crippen molar-refractivity contribution >= 4 is 0 Å². The van der Waals surface area contributed by atoms with Gasteiger partial charge in [0.05, 0.1) is 7.11 Å². The van der Waals surface area contributed by atoms with Gasteiger partial charge in [0.2, 0.25) is 0 Å². The molecule has 0 aliphatic heterocycles. The first-order chi connectivity index (χ1) is 13.6. The summed E-state index contributed by atoms with van der Waals surface area (Å²) in [7, 11) is 1.34. The molecular formula is C25H36F2O. The molecule has 1 aromatic rings. The lowest BCUT2D eigenvalue weighted by molar-refractivity contribution is 0.0689. The molecule has 0 spiro atoms. The predicted octanol–water partition coefficient (Wildman–Crippen LogP) is 7.10. The van der Waals surface area contributed by atoms with E-state index in [0.29, 0.717) is 11.5 Å². The van der Waals surface area contributed by atoms with Crippen molar-refractivity contribution in [1.82, 2.24) is 0 Å². The summed E-state index contributed by atoms with van der Waals surface area (Å²) in [4.78, 5) is 0. The molecule has 1 nitrogen and oxygen atoms in total. The molecule has 4 rings (SSSR count). The number of benzene rings is 1. The van der Waals surface area contributed by atoms with Crippen LogP contribution in [0.2, 0.25) is 0 Å². The fourth-order valence-corrected chi connectivity index (χ4v) is 6.65. The van der Waals surface area contributed by atoms with Gasteiger partial charge in [0.25, 0.3) is 0 Å². The van der Waals surface area contributed by atoms with Crippen LogP contribution in [0, 0.1) is 41.2 Å². The second kappa shape index (κ2) is 8.71. The predicted molar refractivity (Wildman–Crippen MR) is 110 cm³/mol. The minimum Gasteiger partial charge on any atom is -0.491 e. The van der Waals surface area contributed by atoms with E-state index in [1.54, 1.807) is 0 Å². The number of methoxy groups -OCH3 is 1. The number of hydrogen-bond donors (Lipinski definition) is 0. The van der Waals surface area contributed by atoms with Crippen molar-refractivity contribution in [2.75, 3.05) is 7.11 Å². The first-order valence-electron chi connectivity index (χ1n) is 11.6. The lowest BCUT2D eigenvalue weighted by Crippen LogP contribution is -2.35. The third-order valence-electron chi connectivity index (χ3n) is 8.22. The fraction of sp³-hybridized carbons (Fsp3) is 0.760. The van der Waals surface area contributed by atoms with E-state index in [2.05, 4.69) is 6.92 Å². The zero-order valence-electron chi connectivity index (χ0n) is 17.6. The van der Waals surface area contributed by atoms with Crippen molar-refractivity contribution < 1.29 is 13.5 Å². The van der Waals surface area contributed by atoms with Gasteiger partial charge in [-0.2, -0.15) is 0 Å². The first kappa shape index (κ1) is 20.2. The van der Waals surface area contributed by atoms with Crippen LogP contribution in [0.5, 0.6) is 5.75 Å². The third-order valence-corrected chi connectivity index (χ3v) is 8.22. The summed E-state index contributed by atoms with van der Waals surface area (Å²) >= 11 is 0. The molecule has 2 saturated carbocycles. The Balaban J connectivity index is 1.39. The molecule has 0 N–H and O–H groups in total. The zero-order chi connectivity index (χ0) is 19.7. The fourth-order valence-electron chi connectivity index (χ4n) is 6.65. The highest BCUT2D eigenvalue weighted by Gasteiger charge is 2.39. The number of fused-ring (bicyclic) bond motifs is 2. The molecule has 0 saturated heterocycles. The second-order valence-corrected chi connectivity index (χ2v) is 9.76.